The Morgan fingerprint density at radius 2 is 1.96 bits per heavy atom. The molecule has 2 bridgehead atoms. The maximum absolute atomic E-state index is 12.6. The number of nitrogens with one attached hydrogen (secondary N) is 1. The van der Waals surface area contributed by atoms with Crippen LogP contribution in [-0.2, 0) is 16.1 Å². The largest absolute Gasteiger partial charge is 0.445 e. The Kier molecular flexibility index (Phi) is 3.82. The van der Waals surface area contributed by atoms with Crippen LogP contribution in [0.1, 0.15) is 37.7 Å². The Morgan fingerprint density at radius 1 is 1.25 bits per heavy atom. The van der Waals surface area contributed by atoms with Crippen molar-refractivity contribution in [1.82, 2.24) is 10.2 Å². The van der Waals surface area contributed by atoms with E-state index < -0.39 is 5.60 Å². The van der Waals surface area contributed by atoms with Crippen molar-refractivity contribution < 1.29 is 19.1 Å². The molecule has 0 aromatic heterocycles. The predicted molar refractivity (Wildman–Crippen MR) is 86.3 cm³/mol. The van der Waals surface area contributed by atoms with Gasteiger partial charge in [0, 0.05) is 37.9 Å². The second-order valence-corrected chi connectivity index (χ2v) is 6.99. The van der Waals surface area contributed by atoms with Crippen molar-refractivity contribution in [3.63, 3.8) is 0 Å². The first-order valence-electron chi connectivity index (χ1n) is 8.61. The Bertz CT molecular complexity index is 619. The minimum Gasteiger partial charge on any atom is -0.445 e. The van der Waals surface area contributed by atoms with E-state index in [-0.39, 0.29) is 24.3 Å². The number of carbonyl (C=O) groups excluding carboxylic acids is 2. The fraction of sp³-hybridized carbons (Fsp3) is 0.556. The first-order chi connectivity index (χ1) is 11.7. The van der Waals surface area contributed by atoms with Crippen LogP contribution in [0, 0.1) is 0 Å². The SMILES string of the molecule is O=C1NCCC2(C[C@H]3CC[C@@H](C2)N3C(=O)OCc2ccccc2)O1. The lowest BCUT2D eigenvalue weighted by Gasteiger charge is -2.46. The molecule has 4 rings (SSSR count). The Balaban J connectivity index is 1.41. The predicted octanol–water partition coefficient (Wildman–Crippen LogP) is 2.82. The highest BCUT2D eigenvalue weighted by Crippen LogP contribution is 2.45. The summed E-state index contributed by atoms with van der Waals surface area (Å²) in [6, 6.07) is 9.92. The van der Waals surface area contributed by atoms with Gasteiger partial charge in [-0.15, -0.1) is 0 Å². The van der Waals surface area contributed by atoms with Crippen LogP contribution < -0.4 is 5.32 Å². The summed E-state index contributed by atoms with van der Waals surface area (Å²) in [5.41, 5.74) is 0.587. The van der Waals surface area contributed by atoms with Crippen LogP contribution in [-0.4, -0.2) is 41.3 Å². The van der Waals surface area contributed by atoms with Crippen LogP contribution >= 0.6 is 0 Å². The molecule has 3 aliphatic heterocycles. The van der Waals surface area contributed by atoms with E-state index in [1.165, 1.54) is 0 Å². The van der Waals surface area contributed by atoms with Gasteiger partial charge in [-0.1, -0.05) is 30.3 Å². The number of ether oxygens (including phenoxy) is 2. The molecule has 3 fully saturated rings. The van der Waals surface area contributed by atoms with E-state index in [2.05, 4.69) is 5.32 Å². The number of amides is 2. The standard InChI is InChI=1S/C18H22N2O4/c21-16-19-9-8-18(24-16)10-14-6-7-15(11-18)20(14)17(22)23-12-13-4-2-1-3-5-13/h1-5,14-15H,6-12H2,(H,19,21)/t14-,15+,18?. The van der Waals surface area contributed by atoms with Gasteiger partial charge in [0.1, 0.15) is 12.2 Å². The van der Waals surface area contributed by atoms with Crippen molar-refractivity contribution in [2.45, 2.75) is 56.4 Å². The fourth-order valence-corrected chi connectivity index (χ4v) is 4.36. The second kappa shape index (κ2) is 6.00. The lowest BCUT2D eigenvalue weighted by molar-refractivity contribution is -0.0735. The number of benzene rings is 1. The summed E-state index contributed by atoms with van der Waals surface area (Å²) in [6.07, 6.45) is 3.59. The number of alkyl carbamates (subject to hydrolysis) is 1. The summed E-state index contributed by atoms with van der Waals surface area (Å²) < 4.78 is 11.1. The normalized spacial score (nSPS) is 31.5. The first-order valence-corrected chi connectivity index (χ1v) is 8.61. The molecule has 6 heteroatoms. The topological polar surface area (TPSA) is 67.9 Å². The van der Waals surface area contributed by atoms with Crippen LogP contribution in [0.5, 0.6) is 0 Å². The molecule has 6 nitrogen and oxygen atoms in total. The van der Waals surface area contributed by atoms with Gasteiger partial charge in [-0.25, -0.2) is 9.59 Å². The summed E-state index contributed by atoms with van der Waals surface area (Å²) in [4.78, 5) is 26.0. The number of nitrogens with zero attached hydrogens (tertiary/aromatic N) is 1. The highest BCUT2D eigenvalue weighted by molar-refractivity contribution is 5.70. The molecule has 128 valence electrons. The third kappa shape index (κ3) is 2.81. The number of rotatable bonds is 2. The quantitative estimate of drug-likeness (QED) is 0.905. The number of piperidine rings is 1. The summed E-state index contributed by atoms with van der Waals surface area (Å²) in [7, 11) is 0. The van der Waals surface area contributed by atoms with Gasteiger partial charge in [0.25, 0.3) is 0 Å². The van der Waals surface area contributed by atoms with Crippen LogP contribution in [0.25, 0.3) is 0 Å². The van der Waals surface area contributed by atoms with Gasteiger partial charge in [0.05, 0.1) is 0 Å². The van der Waals surface area contributed by atoms with E-state index in [1.807, 2.05) is 35.2 Å². The average Bonchev–Trinajstić information content (AvgIpc) is 2.86. The maximum atomic E-state index is 12.6. The number of fused-ring (bicyclic) bond motifs is 2. The van der Waals surface area contributed by atoms with E-state index >= 15 is 0 Å². The van der Waals surface area contributed by atoms with Gasteiger partial charge in [-0.05, 0) is 18.4 Å². The molecule has 24 heavy (non-hydrogen) atoms. The Labute approximate surface area is 141 Å². The monoisotopic (exact) mass is 330 g/mol. The molecular weight excluding hydrogens is 308 g/mol. The second-order valence-electron chi connectivity index (χ2n) is 6.99. The van der Waals surface area contributed by atoms with Crippen molar-refractivity contribution in [3.05, 3.63) is 35.9 Å². The van der Waals surface area contributed by atoms with E-state index in [9.17, 15) is 9.59 Å². The van der Waals surface area contributed by atoms with Gasteiger partial charge in [0.2, 0.25) is 0 Å². The third-order valence-corrected chi connectivity index (χ3v) is 5.41. The van der Waals surface area contributed by atoms with E-state index in [0.717, 1.165) is 37.7 Å². The van der Waals surface area contributed by atoms with E-state index in [1.54, 1.807) is 0 Å². The van der Waals surface area contributed by atoms with E-state index in [0.29, 0.717) is 13.2 Å². The molecule has 3 atom stereocenters. The van der Waals surface area contributed by atoms with Crippen molar-refractivity contribution in [2.24, 2.45) is 0 Å². The molecule has 1 aromatic rings. The smallest absolute Gasteiger partial charge is 0.410 e. The molecule has 1 aromatic carbocycles. The minimum absolute atomic E-state index is 0.109. The molecule has 3 heterocycles. The lowest BCUT2D eigenvalue weighted by atomic mass is 9.83. The maximum Gasteiger partial charge on any atom is 0.410 e. The third-order valence-electron chi connectivity index (χ3n) is 5.41. The summed E-state index contributed by atoms with van der Waals surface area (Å²) in [6.45, 7) is 0.941. The van der Waals surface area contributed by atoms with Crippen LogP contribution in [0.4, 0.5) is 9.59 Å². The fourth-order valence-electron chi connectivity index (χ4n) is 4.36. The molecule has 2 amide bonds. The highest BCUT2D eigenvalue weighted by Gasteiger charge is 2.53. The molecule has 3 saturated heterocycles. The van der Waals surface area contributed by atoms with Crippen molar-refractivity contribution in [1.29, 1.82) is 0 Å². The van der Waals surface area contributed by atoms with Gasteiger partial charge < -0.3 is 19.7 Å². The minimum atomic E-state index is -0.398. The van der Waals surface area contributed by atoms with Crippen LogP contribution in [0.3, 0.4) is 0 Å². The molecule has 0 radical (unpaired) electrons. The van der Waals surface area contributed by atoms with Gasteiger partial charge in [-0.2, -0.15) is 0 Å². The zero-order valence-corrected chi connectivity index (χ0v) is 13.6. The molecule has 3 aliphatic rings. The summed E-state index contributed by atoms with van der Waals surface area (Å²) >= 11 is 0. The van der Waals surface area contributed by atoms with Gasteiger partial charge >= 0.3 is 12.2 Å². The van der Waals surface area contributed by atoms with Crippen molar-refractivity contribution in [3.8, 4) is 0 Å². The van der Waals surface area contributed by atoms with E-state index in [4.69, 9.17) is 9.47 Å². The lowest BCUT2D eigenvalue weighted by Crippen LogP contribution is -2.58. The van der Waals surface area contributed by atoms with Crippen LogP contribution in [0.15, 0.2) is 30.3 Å². The van der Waals surface area contributed by atoms with Crippen LogP contribution in [0.2, 0.25) is 0 Å². The summed E-state index contributed by atoms with van der Waals surface area (Å²) in [5, 5.41) is 2.71. The average molecular weight is 330 g/mol. The number of hydrogen-bond acceptors (Lipinski definition) is 4. The van der Waals surface area contributed by atoms with Gasteiger partial charge in [0.15, 0.2) is 0 Å². The Morgan fingerprint density at radius 3 is 2.62 bits per heavy atom. The molecule has 0 aliphatic carbocycles. The Hall–Kier alpha value is -2.24. The summed E-state index contributed by atoms with van der Waals surface area (Å²) in [5.74, 6) is 0. The van der Waals surface area contributed by atoms with Crippen molar-refractivity contribution >= 4 is 12.2 Å². The zero-order chi connectivity index (χ0) is 16.6. The molecule has 1 unspecified atom stereocenters. The van der Waals surface area contributed by atoms with Crippen molar-refractivity contribution in [2.75, 3.05) is 6.54 Å². The highest BCUT2D eigenvalue weighted by atomic mass is 16.6. The number of hydrogen-bond donors (Lipinski definition) is 1. The molecule has 0 saturated carbocycles. The number of carbonyl (C=O) groups is 2. The zero-order valence-electron chi connectivity index (χ0n) is 13.6. The van der Waals surface area contributed by atoms with Gasteiger partial charge in [-0.3, -0.25) is 0 Å². The molecular formula is C18H22N2O4. The molecule has 1 N–H and O–H groups in total. The molecule has 1 spiro atoms. The first kappa shape index (κ1) is 15.3.